The molecule has 0 aliphatic heterocycles. The average molecular weight is 315 g/mol. The highest BCUT2D eigenvalue weighted by Crippen LogP contribution is 2.30. The van der Waals surface area contributed by atoms with Crippen molar-refractivity contribution in [3.05, 3.63) is 28.8 Å². The molecule has 0 unspecified atom stereocenters. The van der Waals surface area contributed by atoms with E-state index in [4.69, 9.17) is 34.3 Å². The second-order valence-corrected chi connectivity index (χ2v) is 5.50. The summed E-state index contributed by atoms with van der Waals surface area (Å²) in [5, 5.41) is 0.600. The van der Waals surface area contributed by atoms with Crippen molar-refractivity contribution in [2.45, 2.75) is 32.7 Å². The van der Waals surface area contributed by atoms with Crippen molar-refractivity contribution in [1.29, 1.82) is 0 Å². The van der Waals surface area contributed by atoms with Gasteiger partial charge in [0.05, 0.1) is 17.2 Å². The van der Waals surface area contributed by atoms with Crippen LogP contribution in [0.25, 0.3) is 0 Å². The van der Waals surface area contributed by atoms with Gasteiger partial charge in [0, 0.05) is 25.4 Å². The van der Waals surface area contributed by atoms with E-state index in [9.17, 15) is 0 Å². The number of nitrogens with two attached hydrogens (primary N) is 1. The maximum Gasteiger partial charge on any atom is 0.107 e. The molecule has 0 saturated heterocycles. The fraction of sp³-hybridized carbons (Fsp3) is 0.533. The molecule has 112 valence electrons. The van der Waals surface area contributed by atoms with Crippen LogP contribution in [0.5, 0.6) is 0 Å². The van der Waals surface area contributed by atoms with Gasteiger partial charge in [0.1, 0.15) is 4.99 Å². The second kappa shape index (κ2) is 8.45. The summed E-state index contributed by atoms with van der Waals surface area (Å²) in [5.41, 5.74) is 7.61. The maximum absolute atomic E-state index is 6.27. The third-order valence-corrected chi connectivity index (χ3v) is 3.99. The molecule has 0 aliphatic rings. The van der Waals surface area contributed by atoms with Gasteiger partial charge in [-0.15, -0.1) is 0 Å². The normalized spacial score (nSPS) is 10.8. The summed E-state index contributed by atoms with van der Waals surface area (Å²) in [4.78, 5) is 2.63. The molecule has 0 amide bonds. The summed E-state index contributed by atoms with van der Waals surface area (Å²) in [7, 11) is 1.71. The number of rotatable bonds is 8. The van der Waals surface area contributed by atoms with Gasteiger partial charge in [-0.2, -0.15) is 0 Å². The minimum Gasteiger partial charge on any atom is -0.389 e. The van der Waals surface area contributed by atoms with E-state index >= 15 is 0 Å². The highest BCUT2D eigenvalue weighted by molar-refractivity contribution is 7.80. The number of hydrogen-bond donors (Lipinski definition) is 1. The number of anilines is 1. The smallest absolute Gasteiger partial charge is 0.107 e. The van der Waals surface area contributed by atoms with Gasteiger partial charge in [-0.1, -0.05) is 43.7 Å². The van der Waals surface area contributed by atoms with Gasteiger partial charge in [0.15, 0.2) is 0 Å². The first-order valence-corrected chi connectivity index (χ1v) is 7.69. The largest absolute Gasteiger partial charge is 0.389 e. The van der Waals surface area contributed by atoms with Crippen LogP contribution >= 0.6 is 23.8 Å². The summed E-state index contributed by atoms with van der Waals surface area (Å²) in [6, 6.07) is 6.19. The van der Waals surface area contributed by atoms with Crippen LogP contribution in [0, 0.1) is 0 Å². The van der Waals surface area contributed by atoms with E-state index < -0.39 is 0 Å². The van der Waals surface area contributed by atoms with E-state index in [1.165, 1.54) is 0 Å². The van der Waals surface area contributed by atoms with Crippen LogP contribution in [0.15, 0.2) is 18.2 Å². The number of nitrogens with zero attached hydrogens (tertiary/aromatic N) is 1. The van der Waals surface area contributed by atoms with Gasteiger partial charge in [0.2, 0.25) is 0 Å². The standard InChI is InChI=1S/C15H23ClN2OS/c1-4-11(5-2)18(9-10-19-3)13-8-6-7-12(16)14(13)15(17)20/h6-8,11H,4-5,9-10H2,1-3H3,(H2,17,20). The van der Waals surface area contributed by atoms with Crippen molar-refractivity contribution >= 4 is 34.5 Å². The molecule has 1 aromatic rings. The summed E-state index contributed by atoms with van der Waals surface area (Å²) in [6.45, 7) is 5.80. The number of ether oxygens (including phenoxy) is 1. The van der Waals surface area contributed by atoms with E-state index in [2.05, 4.69) is 18.7 Å². The van der Waals surface area contributed by atoms with Gasteiger partial charge in [-0.05, 0) is 25.0 Å². The number of benzene rings is 1. The summed E-state index contributed by atoms with van der Waals surface area (Å²) in [5.74, 6) is 0. The Morgan fingerprint density at radius 2 is 2.05 bits per heavy atom. The fourth-order valence-electron chi connectivity index (χ4n) is 2.41. The first kappa shape index (κ1) is 17.2. The van der Waals surface area contributed by atoms with Gasteiger partial charge in [-0.3, -0.25) is 0 Å². The van der Waals surface area contributed by atoms with Crippen LogP contribution < -0.4 is 10.6 Å². The molecule has 2 N–H and O–H groups in total. The molecule has 0 saturated carbocycles. The predicted octanol–water partition coefficient (Wildman–Crippen LogP) is 3.62. The molecular weight excluding hydrogens is 292 g/mol. The monoisotopic (exact) mass is 314 g/mol. The molecular formula is C15H23ClN2OS. The minimum absolute atomic E-state index is 0.332. The fourth-order valence-corrected chi connectivity index (χ4v) is 2.96. The van der Waals surface area contributed by atoms with Crippen molar-refractivity contribution in [1.82, 2.24) is 0 Å². The number of thiocarbonyl (C=S) groups is 1. The average Bonchev–Trinajstić information content (AvgIpc) is 2.42. The Morgan fingerprint density at radius 3 is 2.55 bits per heavy atom. The molecule has 3 nitrogen and oxygen atoms in total. The Labute approximate surface area is 132 Å². The molecule has 1 rings (SSSR count). The Bertz CT molecular complexity index is 449. The van der Waals surface area contributed by atoms with Crippen LogP contribution in [0.3, 0.4) is 0 Å². The van der Waals surface area contributed by atoms with Crippen molar-refractivity contribution < 1.29 is 4.74 Å². The third-order valence-electron chi connectivity index (χ3n) is 3.47. The van der Waals surface area contributed by atoms with Crippen LogP contribution in [-0.4, -0.2) is 31.3 Å². The van der Waals surface area contributed by atoms with Crippen LogP contribution in [0.1, 0.15) is 32.3 Å². The highest BCUT2D eigenvalue weighted by atomic mass is 35.5. The van der Waals surface area contributed by atoms with E-state index in [-0.39, 0.29) is 0 Å². The van der Waals surface area contributed by atoms with Crippen molar-refractivity contribution in [2.75, 3.05) is 25.2 Å². The Hall–Kier alpha value is -0.840. The topological polar surface area (TPSA) is 38.5 Å². The third kappa shape index (κ3) is 4.08. The lowest BCUT2D eigenvalue weighted by Gasteiger charge is -2.34. The lowest BCUT2D eigenvalue weighted by Crippen LogP contribution is -2.38. The SMILES string of the molecule is CCC(CC)N(CCOC)c1cccc(Cl)c1C(N)=S. The van der Waals surface area contributed by atoms with Crippen molar-refractivity contribution in [3.63, 3.8) is 0 Å². The van der Waals surface area contributed by atoms with Crippen LogP contribution in [0.2, 0.25) is 5.02 Å². The van der Waals surface area contributed by atoms with Gasteiger partial charge < -0.3 is 15.4 Å². The molecule has 1 aromatic carbocycles. The lowest BCUT2D eigenvalue weighted by atomic mass is 10.1. The zero-order valence-corrected chi connectivity index (χ0v) is 13.9. The molecule has 0 heterocycles. The van der Waals surface area contributed by atoms with Crippen molar-refractivity contribution in [2.24, 2.45) is 5.73 Å². The Balaban J connectivity index is 3.25. The van der Waals surface area contributed by atoms with Crippen LogP contribution in [0.4, 0.5) is 5.69 Å². The summed E-state index contributed by atoms with van der Waals surface area (Å²) in [6.07, 6.45) is 2.09. The Kier molecular flexibility index (Phi) is 7.27. The molecule has 0 fully saturated rings. The molecule has 0 radical (unpaired) electrons. The van der Waals surface area contributed by atoms with Crippen LogP contribution in [-0.2, 0) is 4.74 Å². The maximum atomic E-state index is 6.27. The molecule has 0 aliphatic carbocycles. The first-order chi connectivity index (χ1) is 9.56. The quantitative estimate of drug-likeness (QED) is 0.744. The second-order valence-electron chi connectivity index (χ2n) is 4.65. The minimum atomic E-state index is 0.332. The molecule has 0 atom stereocenters. The molecule has 0 aromatic heterocycles. The zero-order valence-electron chi connectivity index (χ0n) is 12.4. The number of methoxy groups -OCH3 is 1. The summed E-state index contributed by atoms with van der Waals surface area (Å²) >= 11 is 11.4. The zero-order chi connectivity index (χ0) is 15.1. The molecule has 5 heteroatoms. The Morgan fingerprint density at radius 1 is 1.40 bits per heavy atom. The molecule has 0 spiro atoms. The predicted molar refractivity (Wildman–Crippen MR) is 90.9 cm³/mol. The molecule has 20 heavy (non-hydrogen) atoms. The van der Waals surface area contributed by atoms with E-state index in [1.807, 2.05) is 18.2 Å². The van der Waals surface area contributed by atoms with Gasteiger partial charge in [-0.25, -0.2) is 0 Å². The van der Waals surface area contributed by atoms with Gasteiger partial charge >= 0.3 is 0 Å². The lowest BCUT2D eigenvalue weighted by molar-refractivity contribution is 0.202. The number of hydrogen-bond acceptors (Lipinski definition) is 3. The first-order valence-electron chi connectivity index (χ1n) is 6.90. The van der Waals surface area contributed by atoms with E-state index in [0.717, 1.165) is 30.6 Å². The van der Waals surface area contributed by atoms with Crippen molar-refractivity contribution in [3.8, 4) is 0 Å². The summed E-state index contributed by atoms with van der Waals surface area (Å²) < 4.78 is 5.22. The highest BCUT2D eigenvalue weighted by Gasteiger charge is 2.20. The van der Waals surface area contributed by atoms with E-state index in [1.54, 1.807) is 7.11 Å². The van der Waals surface area contributed by atoms with Gasteiger partial charge in [0.25, 0.3) is 0 Å². The molecule has 0 bridgehead atoms. The van der Waals surface area contributed by atoms with E-state index in [0.29, 0.717) is 22.7 Å². The number of halogens is 1.